The van der Waals surface area contributed by atoms with Gasteiger partial charge in [-0.3, -0.25) is 4.79 Å². The number of aryl methyl sites for hydroxylation is 1. The number of carbonyl (C=O) groups excluding carboxylic acids is 1. The number of carbonyl (C=O) groups is 1. The van der Waals surface area contributed by atoms with E-state index in [1.54, 1.807) is 18.2 Å². The zero-order valence-corrected chi connectivity index (χ0v) is 16.2. The first-order valence-corrected chi connectivity index (χ1v) is 10.5. The van der Waals surface area contributed by atoms with Crippen molar-refractivity contribution in [3.63, 3.8) is 0 Å². The standard InChI is InChI=1S/C18H18BrFN2O3S/c19-13-4-9-17(16(20)11-13)21-18(23)10-3-12-1-7-15(8-2-12)26(24,25)22-14-5-6-14/h1-2,4,7-9,11,14,22H,3,5-6,10H2,(H,21,23). The van der Waals surface area contributed by atoms with Gasteiger partial charge in [-0.05, 0) is 55.2 Å². The number of sulfonamides is 1. The van der Waals surface area contributed by atoms with Crippen molar-refractivity contribution in [2.24, 2.45) is 0 Å². The van der Waals surface area contributed by atoms with Crippen LogP contribution in [0.25, 0.3) is 0 Å². The second-order valence-electron chi connectivity index (χ2n) is 6.21. The molecular weight excluding hydrogens is 423 g/mol. The van der Waals surface area contributed by atoms with Crippen molar-refractivity contribution in [2.45, 2.75) is 36.6 Å². The molecule has 1 amide bonds. The van der Waals surface area contributed by atoms with Crippen LogP contribution >= 0.6 is 15.9 Å². The largest absolute Gasteiger partial charge is 0.324 e. The Morgan fingerprint density at radius 1 is 1.15 bits per heavy atom. The third kappa shape index (κ3) is 5.12. The van der Waals surface area contributed by atoms with Crippen LogP contribution in [0.3, 0.4) is 0 Å². The Morgan fingerprint density at radius 2 is 1.85 bits per heavy atom. The van der Waals surface area contributed by atoms with Crippen molar-refractivity contribution in [3.05, 3.63) is 58.3 Å². The molecule has 0 radical (unpaired) electrons. The fraction of sp³-hybridized carbons (Fsp3) is 0.278. The van der Waals surface area contributed by atoms with Gasteiger partial charge in [0, 0.05) is 16.9 Å². The number of amides is 1. The Balaban J connectivity index is 1.55. The van der Waals surface area contributed by atoms with Crippen LogP contribution in [0, 0.1) is 5.82 Å². The lowest BCUT2D eigenvalue weighted by Crippen LogP contribution is -2.25. The minimum Gasteiger partial charge on any atom is -0.324 e. The van der Waals surface area contributed by atoms with Crippen LogP contribution in [-0.4, -0.2) is 20.4 Å². The van der Waals surface area contributed by atoms with Gasteiger partial charge < -0.3 is 5.32 Å². The predicted octanol–water partition coefficient (Wildman–Crippen LogP) is 3.60. The normalized spacial score (nSPS) is 14.2. The van der Waals surface area contributed by atoms with E-state index in [0.29, 0.717) is 10.9 Å². The summed E-state index contributed by atoms with van der Waals surface area (Å²) in [6.45, 7) is 0. The summed E-state index contributed by atoms with van der Waals surface area (Å²) in [7, 11) is -3.47. The molecular formula is C18H18BrFN2O3S. The number of rotatable bonds is 7. The lowest BCUT2D eigenvalue weighted by Gasteiger charge is -2.08. The van der Waals surface area contributed by atoms with Crippen LogP contribution in [0.1, 0.15) is 24.8 Å². The van der Waals surface area contributed by atoms with Crippen molar-refractivity contribution in [3.8, 4) is 0 Å². The van der Waals surface area contributed by atoms with Crippen molar-refractivity contribution >= 4 is 37.5 Å². The number of halogens is 2. The molecule has 1 aliphatic carbocycles. The lowest BCUT2D eigenvalue weighted by molar-refractivity contribution is -0.116. The molecule has 0 aromatic heterocycles. The van der Waals surface area contributed by atoms with E-state index in [9.17, 15) is 17.6 Å². The van der Waals surface area contributed by atoms with E-state index in [1.807, 2.05) is 0 Å². The summed E-state index contributed by atoms with van der Waals surface area (Å²) in [5, 5.41) is 2.53. The second kappa shape index (κ2) is 7.85. The monoisotopic (exact) mass is 440 g/mol. The van der Waals surface area contributed by atoms with Crippen LogP contribution in [0.5, 0.6) is 0 Å². The van der Waals surface area contributed by atoms with Crippen LogP contribution in [-0.2, 0) is 21.2 Å². The molecule has 0 saturated heterocycles. The Morgan fingerprint density at radius 3 is 2.46 bits per heavy atom. The Kier molecular flexibility index (Phi) is 5.74. The van der Waals surface area contributed by atoms with Gasteiger partial charge in [0.1, 0.15) is 5.82 Å². The van der Waals surface area contributed by atoms with Crippen LogP contribution < -0.4 is 10.0 Å². The Hall–Kier alpha value is -1.77. The highest BCUT2D eigenvalue weighted by Gasteiger charge is 2.27. The van der Waals surface area contributed by atoms with E-state index < -0.39 is 15.8 Å². The van der Waals surface area contributed by atoms with Gasteiger partial charge in [-0.25, -0.2) is 17.5 Å². The summed E-state index contributed by atoms with van der Waals surface area (Å²) in [4.78, 5) is 12.2. The maximum absolute atomic E-state index is 13.7. The number of hydrogen-bond donors (Lipinski definition) is 2. The van der Waals surface area contributed by atoms with Crippen molar-refractivity contribution < 1.29 is 17.6 Å². The Bertz CT molecular complexity index is 913. The van der Waals surface area contributed by atoms with Crippen LogP contribution in [0.4, 0.5) is 10.1 Å². The summed E-state index contributed by atoms with van der Waals surface area (Å²) in [5.74, 6) is -0.816. The van der Waals surface area contributed by atoms with Gasteiger partial charge >= 0.3 is 0 Å². The molecule has 8 heteroatoms. The minimum absolute atomic E-state index is 0.0578. The third-order valence-electron chi connectivity index (χ3n) is 3.98. The highest BCUT2D eigenvalue weighted by atomic mass is 79.9. The van der Waals surface area contributed by atoms with E-state index in [1.165, 1.54) is 24.3 Å². The summed E-state index contributed by atoms with van der Waals surface area (Å²) >= 11 is 3.16. The highest BCUT2D eigenvalue weighted by molar-refractivity contribution is 9.10. The molecule has 0 atom stereocenters. The quantitative estimate of drug-likeness (QED) is 0.690. The average molecular weight is 441 g/mol. The third-order valence-corrected chi connectivity index (χ3v) is 6.01. The molecule has 1 saturated carbocycles. The van der Waals surface area contributed by atoms with Gasteiger partial charge in [-0.15, -0.1) is 0 Å². The molecule has 2 N–H and O–H groups in total. The smallest absolute Gasteiger partial charge is 0.240 e. The molecule has 0 aliphatic heterocycles. The van der Waals surface area contributed by atoms with Gasteiger partial charge in [-0.2, -0.15) is 0 Å². The maximum atomic E-state index is 13.7. The molecule has 138 valence electrons. The molecule has 1 aliphatic rings. The van der Waals surface area contributed by atoms with E-state index in [0.717, 1.165) is 18.4 Å². The first-order valence-electron chi connectivity index (χ1n) is 8.20. The van der Waals surface area contributed by atoms with E-state index in [4.69, 9.17) is 0 Å². The molecule has 0 spiro atoms. The fourth-order valence-corrected chi connectivity index (χ4v) is 4.02. The predicted molar refractivity (Wildman–Crippen MR) is 101 cm³/mol. The van der Waals surface area contributed by atoms with E-state index in [2.05, 4.69) is 26.0 Å². The van der Waals surface area contributed by atoms with Crippen LogP contribution in [0.2, 0.25) is 0 Å². The molecule has 2 aromatic carbocycles. The van der Waals surface area contributed by atoms with Gasteiger partial charge in [0.25, 0.3) is 0 Å². The molecule has 1 fully saturated rings. The zero-order chi connectivity index (χ0) is 18.7. The molecule has 0 heterocycles. The lowest BCUT2D eigenvalue weighted by atomic mass is 10.1. The molecule has 3 rings (SSSR count). The Labute approximate surface area is 160 Å². The molecule has 2 aromatic rings. The first kappa shape index (κ1) is 19.0. The number of benzene rings is 2. The fourth-order valence-electron chi connectivity index (χ4n) is 2.39. The zero-order valence-electron chi connectivity index (χ0n) is 13.8. The van der Waals surface area contributed by atoms with Crippen molar-refractivity contribution in [1.82, 2.24) is 4.72 Å². The highest BCUT2D eigenvalue weighted by Crippen LogP contribution is 2.23. The van der Waals surface area contributed by atoms with Gasteiger partial charge in [0.05, 0.1) is 10.6 Å². The van der Waals surface area contributed by atoms with Crippen molar-refractivity contribution in [1.29, 1.82) is 0 Å². The van der Waals surface area contributed by atoms with Gasteiger partial charge in [0.2, 0.25) is 15.9 Å². The summed E-state index contributed by atoms with van der Waals surface area (Å²) in [6.07, 6.45) is 2.36. The molecule has 0 unspecified atom stereocenters. The van der Waals surface area contributed by atoms with E-state index in [-0.39, 0.29) is 29.0 Å². The number of anilines is 1. The SMILES string of the molecule is O=C(CCc1ccc(S(=O)(=O)NC2CC2)cc1)Nc1ccc(Br)cc1F. The topological polar surface area (TPSA) is 75.3 Å². The molecule has 26 heavy (non-hydrogen) atoms. The van der Waals surface area contributed by atoms with Crippen LogP contribution in [0.15, 0.2) is 51.8 Å². The number of nitrogens with one attached hydrogen (secondary N) is 2. The molecule has 0 bridgehead atoms. The number of hydrogen-bond acceptors (Lipinski definition) is 3. The molecule has 5 nitrogen and oxygen atoms in total. The minimum atomic E-state index is -3.47. The van der Waals surface area contributed by atoms with Gasteiger partial charge in [0.15, 0.2) is 0 Å². The van der Waals surface area contributed by atoms with Gasteiger partial charge in [-0.1, -0.05) is 28.1 Å². The second-order valence-corrected chi connectivity index (χ2v) is 8.84. The summed E-state index contributed by atoms with van der Waals surface area (Å²) < 4.78 is 41.1. The van der Waals surface area contributed by atoms with Crippen molar-refractivity contribution in [2.75, 3.05) is 5.32 Å². The maximum Gasteiger partial charge on any atom is 0.240 e. The average Bonchev–Trinajstić information content (AvgIpc) is 3.39. The summed E-state index contributed by atoms with van der Waals surface area (Å²) in [6, 6.07) is 10.9. The first-order chi connectivity index (χ1) is 12.3. The van der Waals surface area contributed by atoms with E-state index >= 15 is 0 Å². The summed E-state index contributed by atoms with van der Waals surface area (Å²) in [5.41, 5.74) is 0.965.